The molecule has 1 aliphatic heterocycles. The SMILES string of the molecule is Cc1ccc(N2C(=O)/C(=C/c3cc(-c4ccccc4)n(-c4ccc([N+](=O)[O-])cc4)c3-c3ccccc3)C(=O)N(c3ccccc3)C2=S)cc1C. The fourth-order valence-corrected chi connectivity index (χ4v) is 6.50. The van der Waals surface area contributed by atoms with Gasteiger partial charge in [0.25, 0.3) is 17.5 Å². The number of aryl methyl sites for hydroxylation is 2. The van der Waals surface area contributed by atoms with Crippen molar-refractivity contribution in [1.29, 1.82) is 0 Å². The average molecular weight is 675 g/mol. The van der Waals surface area contributed by atoms with Gasteiger partial charge in [-0.2, -0.15) is 0 Å². The quantitative estimate of drug-likeness (QED) is 0.0554. The molecule has 0 N–H and O–H groups in total. The second-order valence-electron chi connectivity index (χ2n) is 11.9. The number of nitrogens with zero attached hydrogens (tertiary/aromatic N) is 4. The molecule has 0 aliphatic carbocycles. The molecule has 244 valence electrons. The van der Waals surface area contributed by atoms with Crippen molar-refractivity contribution >= 4 is 52.3 Å². The number of carbonyl (C=O) groups excluding carboxylic acids is 2. The highest BCUT2D eigenvalue weighted by atomic mass is 32.1. The maximum absolute atomic E-state index is 14.6. The van der Waals surface area contributed by atoms with Gasteiger partial charge in [0.05, 0.1) is 27.7 Å². The molecule has 2 amide bonds. The Morgan fingerprint density at radius 2 is 1.16 bits per heavy atom. The molecule has 9 heteroatoms. The van der Waals surface area contributed by atoms with Crippen LogP contribution in [0.25, 0.3) is 34.3 Å². The van der Waals surface area contributed by atoms with Gasteiger partial charge in [-0.25, -0.2) is 0 Å². The molecular formula is C41H30N4O4S. The molecule has 1 saturated heterocycles. The lowest BCUT2D eigenvalue weighted by atomic mass is 10.0. The Balaban J connectivity index is 1.50. The Bertz CT molecular complexity index is 2320. The average Bonchev–Trinajstić information content (AvgIpc) is 3.52. The van der Waals surface area contributed by atoms with E-state index in [-0.39, 0.29) is 16.4 Å². The number of para-hydroxylation sites is 1. The van der Waals surface area contributed by atoms with Crippen molar-refractivity contribution < 1.29 is 14.5 Å². The number of benzene rings is 5. The van der Waals surface area contributed by atoms with Crippen LogP contribution in [0.2, 0.25) is 0 Å². The van der Waals surface area contributed by atoms with Crippen molar-refractivity contribution in [1.82, 2.24) is 4.57 Å². The van der Waals surface area contributed by atoms with Gasteiger partial charge in [0.1, 0.15) is 5.57 Å². The molecule has 0 atom stereocenters. The minimum Gasteiger partial charge on any atom is -0.309 e. The highest BCUT2D eigenvalue weighted by Gasteiger charge is 2.41. The molecule has 8 nitrogen and oxygen atoms in total. The molecule has 0 unspecified atom stereocenters. The summed E-state index contributed by atoms with van der Waals surface area (Å²) in [5, 5.41) is 11.6. The highest BCUT2D eigenvalue weighted by molar-refractivity contribution is 7.81. The Morgan fingerprint density at radius 3 is 1.74 bits per heavy atom. The lowest BCUT2D eigenvalue weighted by Gasteiger charge is -2.36. The Labute approximate surface area is 294 Å². The number of nitro benzene ring substituents is 1. The largest absolute Gasteiger partial charge is 0.309 e. The first-order valence-corrected chi connectivity index (χ1v) is 16.3. The van der Waals surface area contributed by atoms with Crippen LogP contribution in [0.1, 0.15) is 16.7 Å². The summed E-state index contributed by atoms with van der Waals surface area (Å²) in [7, 11) is 0. The summed E-state index contributed by atoms with van der Waals surface area (Å²) in [4.78, 5) is 43.0. The minimum atomic E-state index is -0.547. The van der Waals surface area contributed by atoms with Gasteiger partial charge in [-0.05, 0) is 96.9 Å². The number of thiocarbonyl (C=S) groups is 1. The molecule has 2 heterocycles. The molecule has 1 fully saturated rings. The van der Waals surface area contributed by atoms with Crippen LogP contribution in [-0.4, -0.2) is 26.4 Å². The van der Waals surface area contributed by atoms with Crippen molar-refractivity contribution in [3.05, 3.63) is 172 Å². The zero-order valence-electron chi connectivity index (χ0n) is 27.2. The van der Waals surface area contributed by atoms with E-state index in [1.54, 1.807) is 30.3 Å². The first kappa shape index (κ1) is 32.1. The van der Waals surface area contributed by atoms with Crippen molar-refractivity contribution in [3.8, 4) is 28.2 Å². The van der Waals surface area contributed by atoms with E-state index in [2.05, 4.69) is 0 Å². The van der Waals surface area contributed by atoms with Gasteiger partial charge in [-0.1, -0.05) is 84.9 Å². The van der Waals surface area contributed by atoms with Crippen molar-refractivity contribution in [3.63, 3.8) is 0 Å². The number of aromatic nitrogens is 1. The molecule has 1 aromatic heterocycles. The third-order valence-electron chi connectivity index (χ3n) is 8.78. The van der Waals surface area contributed by atoms with E-state index >= 15 is 0 Å². The van der Waals surface area contributed by atoms with Crippen LogP contribution >= 0.6 is 12.2 Å². The van der Waals surface area contributed by atoms with E-state index in [1.807, 2.05) is 122 Å². The summed E-state index contributed by atoms with van der Waals surface area (Å²) in [5.74, 6) is -1.09. The number of anilines is 2. The third-order valence-corrected chi connectivity index (χ3v) is 9.14. The lowest BCUT2D eigenvalue weighted by Crippen LogP contribution is -2.57. The second kappa shape index (κ2) is 13.2. The summed E-state index contributed by atoms with van der Waals surface area (Å²) >= 11 is 5.88. The van der Waals surface area contributed by atoms with Crippen LogP contribution in [0.15, 0.2) is 145 Å². The van der Waals surface area contributed by atoms with Crippen LogP contribution in [-0.2, 0) is 9.59 Å². The zero-order valence-corrected chi connectivity index (χ0v) is 28.0. The van der Waals surface area contributed by atoms with Crippen LogP contribution in [0.3, 0.4) is 0 Å². The highest BCUT2D eigenvalue weighted by Crippen LogP contribution is 2.39. The first-order valence-electron chi connectivity index (χ1n) is 15.9. The number of carbonyl (C=O) groups is 2. The van der Waals surface area contributed by atoms with Gasteiger partial charge < -0.3 is 4.57 Å². The summed E-state index contributed by atoms with van der Waals surface area (Å²) in [6.45, 7) is 3.96. The van der Waals surface area contributed by atoms with Crippen molar-refractivity contribution in [2.75, 3.05) is 9.80 Å². The number of non-ortho nitro benzene ring substituents is 1. The summed E-state index contributed by atoms with van der Waals surface area (Å²) in [6, 6.07) is 42.3. The van der Waals surface area contributed by atoms with E-state index in [1.165, 1.54) is 21.9 Å². The summed E-state index contributed by atoms with van der Waals surface area (Å²) < 4.78 is 2.00. The fourth-order valence-electron chi connectivity index (χ4n) is 6.13. The molecule has 6 aromatic rings. The Morgan fingerprint density at radius 1 is 0.620 bits per heavy atom. The molecule has 0 spiro atoms. The second-order valence-corrected chi connectivity index (χ2v) is 12.3. The third kappa shape index (κ3) is 5.80. The monoisotopic (exact) mass is 674 g/mol. The predicted molar refractivity (Wildman–Crippen MR) is 201 cm³/mol. The maximum Gasteiger partial charge on any atom is 0.270 e. The van der Waals surface area contributed by atoms with E-state index < -0.39 is 16.7 Å². The van der Waals surface area contributed by atoms with Crippen molar-refractivity contribution in [2.45, 2.75) is 13.8 Å². The molecule has 0 saturated carbocycles. The Hall–Kier alpha value is -6.45. The maximum atomic E-state index is 14.6. The molecule has 1 aliphatic rings. The standard InChI is InChI=1S/C41H30N4O4S/c1-27-18-19-35(24-28(27)2)44-40(47)36(39(46)43(41(44)50)32-16-10-5-11-17-32)25-31-26-37(29-12-6-3-7-13-29)42(38(31)30-14-8-4-9-15-30)33-20-22-34(23-21-33)45(48)49/h3-26H,1-2H3/b36-25+. The number of rotatable bonds is 7. The van der Waals surface area contributed by atoms with E-state index in [9.17, 15) is 19.7 Å². The minimum absolute atomic E-state index is 0.0347. The van der Waals surface area contributed by atoms with E-state index in [0.29, 0.717) is 28.3 Å². The Kier molecular flexibility index (Phi) is 8.49. The van der Waals surface area contributed by atoms with Gasteiger partial charge in [0.15, 0.2) is 5.11 Å². The molecule has 5 aromatic carbocycles. The summed E-state index contributed by atoms with van der Waals surface area (Å²) in [5.41, 5.74) is 7.45. The lowest BCUT2D eigenvalue weighted by molar-refractivity contribution is -0.384. The van der Waals surface area contributed by atoms with Crippen molar-refractivity contribution in [2.24, 2.45) is 0 Å². The van der Waals surface area contributed by atoms with Crippen LogP contribution in [0, 0.1) is 24.0 Å². The fraction of sp³-hybridized carbons (Fsp3) is 0.0488. The number of amides is 2. The predicted octanol–water partition coefficient (Wildman–Crippen LogP) is 9.08. The van der Waals surface area contributed by atoms with E-state index in [0.717, 1.165) is 27.9 Å². The van der Waals surface area contributed by atoms with Gasteiger partial charge in [0, 0.05) is 23.4 Å². The number of hydrogen-bond acceptors (Lipinski definition) is 5. The first-order chi connectivity index (χ1) is 24.2. The van der Waals surface area contributed by atoms with E-state index in [4.69, 9.17) is 12.2 Å². The number of hydrogen-bond donors (Lipinski definition) is 0. The molecule has 7 rings (SSSR count). The molecule has 0 bridgehead atoms. The molecule has 0 radical (unpaired) electrons. The topological polar surface area (TPSA) is 88.7 Å². The normalized spacial score (nSPS) is 14.0. The van der Waals surface area contributed by atoms with Crippen LogP contribution in [0.4, 0.5) is 17.1 Å². The van der Waals surface area contributed by atoms with Gasteiger partial charge in [0.2, 0.25) is 0 Å². The molecule has 50 heavy (non-hydrogen) atoms. The van der Waals surface area contributed by atoms with Gasteiger partial charge in [-0.15, -0.1) is 0 Å². The summed E-state index contributed by atoms with van der Waals surface area (Å²) in [6.07, 6.45) is 1.63. The van der Waals surface area contributed by atoms with Crippen LogP contribution in [0.5, 0.6) is 0 Å². The van der Waals surface area contributed by atoms with Crippen LogP contribution < -0.4 is 9.80 Å². The van der Waals surface area contributed by atoms with Gasteiger partial charge >= 0.3 is 0 Å². The molecular weight excluding hydrogens is 645 g/mol. The van der Waals surface area contributed by atoms with Gasteiger partial charge in [-0.3, -0.25) is 29.5 Å². The number of nitro groups is 1. The zero-order chi connectivity index (χ0) is 34.9. The smallest absolute Gasteiger partial charge is 0.270 e.